The van der Waals surface area contributed by atoms with Crippen molar-refractivity contribution in [2.45, 2.75) is 50.8 Å². The summed E-state index contributed by atoms with van der Waals surface area (Å²) >= 11 is 0. The van der Waals surface area contributed by atoms with Crippen LogP contribution >= 0.6 is 0 Å². The first-order chi connectivity index (χ1) is 7.46. The Morgan fingerprint density at radius 2 is 2.19 bits per heavy atom. The lowest BCUT2D eigenvalue weighted by molar-refractivity contribution is 0.199. The molecule has 0 amide bonds. The topological polar surface area (TPSA) is 52.3 Å². The van der Waals surface area contributed by atoms with Crippen molar-refractivity contribution < 1.29 is 8.95 Å². The Kier molecular flexibility index (Phi) is 5.41. The van der Waals surface area contributed by atoms with Crippen LogP contribution in [0.5, 0.6) is 0 Å². The molecule has 3 nitrogen and oxygen atoms in total. The van der Waals surface area contributed by atoms with E-state index >= 15 is 0 Å². The number of nitrogens with two attached hydrogens (primary N) is 1. The number of hydrogen-bond acceptors (Lipinski definition) is 3. The molecular weight excluding hydrogens is 222 g/mol. The standard InChI is InChI=1S/C12H25NO2S/c1-12(2)6-5-10(13)11(9-12)16(14)8-4-7-15-3/h10-11H,4-9,13H2,1-3H3. The Labute approximate surface area is 102 Å². The first-order valence-electron chi connectivity index (χ1n) is 6.08. The summed E-state index contributed by atoms with van der Waals surface area (Å²) in [5.74, 6) is 0.724. The lowest BCUT2D eigenvalue weighted by atomic mass is 9.75. The third-order valence-corrected chi connectivity index (χ3v) is 5.30. The van der Waals surface area contributed by atoms with Crippen molar-refractivity contribution in [1.29, 1.82) is 0 Å². The van der Waals surface area contributed by atoms with Crippen LogP contribution < -0.4 is 5.73 Å². The van der Waals surface area contributed by atoms with Crippen molar-refractivity contribution in [3.63, 3.8) is 0 Å². The molecule has 3 atom stereocenters. The Morgan fingerprint density at radius 3 is 2.81 bits per heavy atom. The van der Waals surface area contributed by atoms with Gasteiger partial charge in [-0.25, -0.2) is 0 Å². The summed E-state index contributed by atoms with van der Waals surface area (Å²) in [7, 11) is 0.889. The second-order valence-electron chi connectivity index (χ2n) is 5.54. The molecule has 3 unspecified atom stereocenters. The molecular formula is C12H25NO2S. The lowest BCUT2D eigenvalue weighted by Crippen LogP contribution is -2.46. The molecule has 0 aromatic carbocycles. The molecule has 16 heavy (non-hydrogen) atoms. The Balaban J connectivity index is 2.46. The molecule has 1 fully saturated rings. The third-order valence-electron chi connectivity index (χ3n) is 3.42. The Hall–Kier alpha value is 0.0700. The van der Waals surface area contributed by atoms with Gasteiger partial charge in [0, 0.05) is 36.3 Å². The van der Waals surface area contributed by atoms with Crippen LogP contribution in [0.3, 0.4) is 0 Å². The highest BCUT2D eigenvalue weighted by molar-refractivity contribution is 7.85. The van der Waals surface area contributed by atoms with E-state index in [-0.39, 0.29) is 11.3 Å². The van der Waals surface area contributed by atoms with Crippen molar-refractivity contribution >= 4 is 10.8 Å². The minimum atomic E-state index is -0.790. The maximum atomic E-state index is 12.1. The number of ether oxygens (including phenoxy) is 1. The predicted octanol–water partition coefficient (Wildman–Crippen LogP) is 1.68. The molecule has 0 aromatic rings. The molecule has 0 bridgehead atoms. The van der Waals surface area contributed by atoms with Gasteiger partial charge in [-0.3, -0.25) is 4.21 Å². The van der Waals surface area contributed by atoms with Gasteiger partial charge >= 0.3 is 0 Å². The maximum Gasteiger partial charge on any atom is 0.0504 e. The highest BCUT2D eigenvalue weighted by atomic mass is 32.2. The monoisotopic (exact) mass is 247 g/mol. The van der Waals surface area contributed by atoms with Crippen LogP contribution in [0.25, 0.3) is 0 Å². The van der Waals surface area contributed by atoms with E-state index in [9.17, 15) is 4.21 Å². The Morgan fingerprint density at radius 1 is 1.50 bits per heavy atom. The van der Waals surface area contributed by atoms with E-state index in [1.54, 1.807) is 7.11 Å². The van der Waals surface area contributed by atoms with Gasteiger partial charge in [-0.15, -0.1) is 0 Å². The molecule has 0 heterocycles. The summed E-state index contributed by atoms with van der Waals surface area (Å²) < 4.78 is 17.1. The van der Waals surface area contributed by atoms with Crippen LogP contribution in [0.15, 0.2) is 0 Å². The molecule has 1 saturated carbocycles. The van der Waals surface area contributed by atoms with Crippen LogP contribution in [0, 0.1) is 5.41 Å². The zero-order valence-electron chi connectivity index (χ0n) is 10.7. The second kappa shape index (κ2) is 6.12. The highest BCUT2D eigenvalue weighted by Crippen LogP contribution is 2.36. The van der Waals surface area contributed by atoms with E-state index in [0.29, 0.717) is 12.0 Å². The van der Waals surface area contributed by atoms with Crippen molar-refractivity contribution in [1.82, 2.24) is 0 Å². The van der Waals surface area contributed by atoms with E-state index in [0.717, 1.165) is 31.4 Å². The predicted molar refractivity (Wildman–Crippen MR) is 68.9 cm³/mol. The minimum absolute atomic E-state index is 0.122. The fourth-order valence-corrected chi connectivity index (χ4v) is 4.19. The highest BCUT2D eigenvalue weighted by Gasteiger charge is 2.35. The van der Waals surface area contributed by atoms with Crippen molar-refractivity contribution in [2.75, 3.05) is 19.5 Å². The number of rotatable bonds is 5. The summed E-state index contributed by atoms with van der Waals surface area (Å²) in [5.41, 5.74) is 6.38. The van der Waals surface area contributed by atoms with Gasteiger partial charge in [-0.05, 0) is 31.1 Å². The van der Waals surface area contributed by atoms with Gasteiger partial charge in [-0.2, -0.15) is 0 Å². The zero-order valence-corrected chi connectivity index (χ0v) is 11.5. The minimum Gasteiger partial charge on any atom is -0.385 e. The quantitative estimate of drug-likeness (QED) is 0.752. The van der Waals surface area contributed by atoms with E-state index < -0.39 is 10.8 Å². The van der Waals surface area contributed by atoms with Crippen molar-refractivity contribution in [3.05, 3.63) is 0 Å². The molecule has 1 aliphatic carbocycles. The first-order valence-corrected chi connectivity index (χ1v) is 7.46. The van der Waals surface area contributed by atoms with Crippen LogP contribution in [0.4, 0.5) is 0 Å². The fraction of sp³-hybridized carbons (Fsp3) is 1.00. The number of hydrogen-bond donors (Lipinski definition) is 1. The van der Waals surface area contributed by atoms with E-state index in [2.05, 4.69) is 13.8 Å². The van der Waals surface area contributed by atoms with Gasteiger partial charge in [0.2, 0.25) is 0 Å². The average Bonchev–Trinajstić information content (AvgIpc) is 2.22. The summed E-state index contributed by atoms with van der Waals surface area (Å²) in [4.78, 5) is 0. The van der Waals surface area contributed by atoms with E-state index in [1.807, 2.05) is 0 Å². The van der Waals surface area contributed by atoms with E-state index in [4.69, 9.17) is 10.5 Å². The average molecular weight is 247 g/mol. The molecule has 0 radical (unpaired) electrons. The molecule has 96 valence electrons. The summed E-state index contributed by atoms with van der Waals surface area (Å²) in [5, 5.41) is 0.181. The lowest BCUT2D eigenvalue weighted by Gasteiger charge is -2.38. The molecule has 4 heteroatoms. The van der Waals surface area contributed by atoms with Gasteiger partial charge < -0.3 is 10.5 Å². The molecule has 0 aromatic heterocycles. The van der Waals surface area contributed by atoms with Gasteiger partial charge in [0.05, 0.1) is 5.25 Å². The molecule has 1 rings (SSSR count). The van der Waals surface area contributed by atoms with Gasteiger partial charge in [0.25, 0.3) is 0 Å². The SMILES string of the molecule is COCCCS(=O)C1CC(C)(C)CCC1N. The normalized spacial score (nSPS) is 31.2. The summed E-state index contributed by atoms with van der Waals surface area (Å²) in [6, 6.07) is 0.122. The van der Waals surface area contributed by atoms with Crippen LogP contribution in [0.1, 0.15) is 39.5 Å². The molecule has 1 aliphatic rings. The molecule has 0 saturated heterocycles. The smallest absolute Gasteiger partial charge is 0.0504 e. The molecule has 0 aliphatic heterocycles. The fourth-order valence-electron chi connectivity index (χ4n) is 2.33. The summed E-state index contributed by atoms with van der Waals surface area (Å²) in [6.45, 7) is 5.19. The van der Waals surface area contributed by atoms with E-state index in [1.165, 1.54) is 0 Å². The van der Waals surface area contributed by atoms with Crippen molar-refractivity contribution in [3.8, 4) is 0 Å². The second-order valence-corrected chi connectivity index (χ2v) is 7.32. The molecule has 0 spiro atoms. The zero-order chi connectivity index (χ0) is 12.2. The number of methoxy groups -OCH3 is 1. The van der Waals surface area contributed by atoms with Crippen LogP contribution in [-0.4, -0.2) is 35.0 Å². The largest absolute Gasteiger partial charge is 0.385 e. The maximum absolute atomic E-state index is 12.1. The van der Waals surface area contributed by atoms with Gasteiger partial charge in [0.15, 0.2) is 0 Å². The Bertz CT molecular complexity index is 243. The summed E-state index contributed by atoms with van der Waals surface area (Å²) in [6.07, 6.45) is 4.02. The van der Waals surface area contributed by atoms with Crippen LogP contribution in [-0.2, 0) is 15.5 Å². The first kappa shape index (κ1) is 14.1. The molecule has 2 N–H and O–H groups in total. The van der Waals surface area contributed by atoms with Gasteiger partial charge in [0.1, 0.15) is 0 Å². The third kappa shape index (κ3) is 4.15. The van der Waals surface area contributed by atoms with Crippen molar-refractivity contribution in [2.24, 2.45) is 11.1 Å². The van der Waals surface area contributed by atoms with Crippen LogP contribution in [0.2, 0.25) is 0 Å². The van der Waals surface area contributed by atoms with Gasteiger partial charge in [-0.1, -0.05) is 13.8 Å².